The van der Waals surface area contributed by atoms with Crippen LogP contribution < -0.4 is 5.73 Å². The Morgan fingerprint density at radius 2 is 2.27 bits per heavy atom. The molecule has 1 aromatic rings. The second-order valence-electron chi connectivity index (χ2n) is 3.19. The van der Waals surface area contributed by atoms with E-state index in [-0.39, 0.29) is 17.3 Å². The number of aliphatic hydroxyl groups is 1. The van der Waals surface area contributed by atoms with E-state index in [1.54, 1.807) is 6.07 Å². The van der Waals surface area contributed by atoms with Gasteiger partial charge in [-0.25, -0.2) is 0 Å². The first-order valence-corrected chi connectivity index (χ1v) is 4.71. The van der Waals surface area contributed by atoms with Crippen LogP contribution in [0.2, 0.25) is 5.02 Å². The van der Waals surface area contributed by atoms with Crippen LogP contribution in [0.15, 0.2) is 18.2 Å². The lowest BCUT2D eigenvalue weighted by Gasteiger charge is -2.07. The fourth-order valence-electron chi connectivity index (χ4n) is 1.19. The topological polar surface area (TPSA) is 89.4 Å². The van der Waals surface area contributed by atoms with E-state index in [0.717, 1.165) is 0 Å². The molecule has 0 aromatic heterocycles. The van der Waals surface area contributed by atoms with E-state index in [1.807, 2.05) is 0 Å². The first-order valence-electron chi connectivity index (χ1n) is 4.34. The minimum Gasteiger partial charge on any atom is -0.395 e. The summed E-state index contributed by atoms with van der Waals surface area (Å²) in [5.41, 5.74) is 6.06. The summed E-state index contributed by atoms with van der Waals surface area (Å²) in [5, 5.41) is 19.4. The SMILES string of the molecule is NC(CO)Cc1ccc(Cl)c([N+](=O)[O-])c1. The second-order valence-corrected chi connectivity index (χ2v) is 3.60. The average Bonchev–Trinajstić information content (AvgIpc) is 2.20. The van der Waals surface area contributed by atoms with Crippen molar-refractivity contribution in [2.75, 3.05) is 6.61 Å². The van der Waals surface area contributed by atoms with Crippen molar-refractivity contribution in [2.45, 2.75) is 12.5 Å². The van der Waals surface area contributed by atoms with Crippen LogP contribution in [0.4, 0.5) is 5.69 Å². The molecule has 0 aliphatic rings. The van der Waals surface area contributed by atoms with Crippen LogP contribution in [-0.2, 0) is 6.42 Å². The maximum atomic E-state index is 10.6. The highest BCUT2D eigenvalue weighted by Gasteiger charge is 2.13. The Bertz CT molecular complexity index is 370. The predicted octanol–water partition coefficient (Wildman–Crippen LogP) is 1.11. The van der Waals surface area contributed by atoms with E-state index in [9.17, 15) is 10.1 Å². The molecule has 0 aliphatic heterocycles. The molecular weight excluding hydrogens is 220 g/mol. The standard InChI is InChI=1S/C9H11ClN2O3/c10-8-2-1-6(3-7(11)5-13)4-9(8)12(14)15/h1-2,4,7,13H,3,5,11H2. The van der Waals surface area contributed by atoms with Gasteiger partial charge in [0.1, 0.15) is 5.02 Å². The molecule has 0 saturated heterocycles. The van der Waals surface area contributed by atoms with E-state index in [0.29, 0.717) is 12.0 Å². The normalized spacial score (nSPS) is 12.5. The Hall–Kier alpha value is -1.17. The zero-order valence-electron chi connectivity index (χ0n) is 7.89. The van der Waals surface area contributed by atoms with Crippen LogP contribution in [0.5, 0.6) is 0 Å². The highest BCUT2D eigenvalue weighted by Crippen LogP contribution is 2.25. The summed E-state index contributed by atoms with van der Waals surface area (Å²) < 4.78 is 0. The molecule has 1 rings (SSSR count). The Balaban J connectivity index is 2.92. The minimum atomic E-state index is -0.545. The number of nitro benzene ring substituents is 1. The second kappa shape index (κ2) is 5.06. The molecule has 82 valence electrons. The van der Waals surface area contributed by atoms with Gasteiger partial charge in [0.25, 0.3) is 5.69 Å². The summed E-state index contributed by atoms with van der Waals surface area (Å²) in [4.78, 5) is 10.0. The molecule has 0 aliphatic carbocycles. The molecule has 0 amide bonds. The third kappa shape index (κ3) is 3.16. The molecule has 5 nitrogen and oxygen atoms in total. The van der Waals surface area contributed by atoms with Crippen LogP contribution in [0.3, 0.4) is 0 Å². The van der Waals surface area contributed by atoms with Gasteiger partial charge in [-0.3, -0.25) is 10.1 Å². The van der Waals surface area contributed by atoms with Crippen molar-refractivity contribution < 1.29 is 10.0 Å². The summed E-state index contributed by atoms with van der Waals surface area (Å²) >= 11 is 5.64. The van der Waals surface area contributed by atoms with Crippen LogP contribution in [0, 0.1) is 10.1 Å². The molecule has 3 N–H and O–H groups in total. The minimum absolute atomic E-state index is 0.0984. The molecule has 1 aromatic carbocycles. The van der Waals surface area contributed by atoms with Crippen LogP contribution in [-0.4, -0.2) is 22.7 Å². The van der Waals surface area contributed by atoms with Gasteiger partial charge >= 0.3 is 0 Å². The van der Waals surface area contributed by atoms with Gasteiger partial charge < -0.3 is 10.8 Å². The van der Waals surface area contributed by atoms with Gasteiger partial charge in [0.05, 0.1) is 11.5 Å². The third-order valence-electron chi connectivity index (χ3n) is 1.94. The van der Waals surface area contributed by atoms with Crippen LogP contribution in [0.1, 0.15) is 5.56 Å². The number of nitro groups is 1. The van der Waals surface area contributed by atoms with E-state index < -0.39 is 11.0 Å². The molecule has 0 saturated carbocycles. The summed E-state index contributed by atoms with van der Waals surface area (Å²) in [7, 11) is 0. The lowest BCUT2D eigenvalue weighted by Crippen LogP contribution is -2.26. The molecule has 0 bridgehead atoms. The number of hydrogen-bond acceptors (Lipinski definition) is 4. The summed E-state index contributed by atoms with van der Waals surface area (Å²) in [6.07, 6.45) is 0.383. The number of halogens is 1. The molecule has 0 radical (unpaired) electrons. The largest absolute Gasteiger partial charge is 0.395 e. The van der Waals surface area contributed by atoms with Crippen molar-refractivity contribution in [2.24, 2.45) is 5.73 Å². The lowest BCUT2D eigenvalue weighted by molar-refractivity contribution is -0.384. The number of hydrogen-bond donors (Lipinski definition) is 2. The number of nitrogens with zero attached hydrogens (tertiary/aromatic N) is 1. The molecule has 0 heterocycles. The first kappa shape index (κ1) is 11.9. The van der Waals surface area contributed by atoms with Gasteiger partial charge in [0.2, 0.25) is 0 Å². The van der Waals surface area contributed by atoms with Crippen molar-refractivity contribution in [1.29, 1.82) is 0 Å². The van der Waals surface area contributed by atoms with Crippen LogP contribution >= 0.6 is 11.6 Å². The summed E-state index contributed by atoms with van der Waals surface area (Å²) in [6, 6.07) is 4.08. The van der Waals surface area contributed by atoms with Crippen LogP contribution in [0.25, 0.3) is 0 Å². The molecule has 1 atom stereocenters. The van der Waals surface area contributed by atoms with Gasteiger partial charge in [-0.1, -0.05) is 17.7 Å². The van der Waals surface area contributed by atoms with E-state index in [2.05, 4.69) is 0 Å². The monoisotopic (exact) mass is 230 g/mol. The van der Waals surface area contributed by atoms with Crippen molar-refractivity contribution in [3.05, 3.63) is 38.9 Å². The highest BCUT2D eigenvalue weighted by molar-refractivity contribution is 6.32. The zero-order valence-corrected chi connectivity index (χ0v) is 8.65. The van der Waals surface area contributed by atoms with Gasteiger partial charge in [0.15, 0.2) is 0 Å². The van der Waals surface area contributed by atoms with Gasteiger partial charge in [-0.05, 0) is 18.1 Å². The molecular formula is C9H11ClN2O3. The molecule has 15 heavy (non-hydrogen) atoms. The van der Waals surface area contributed by atoms with Gasteiger partial charge in [-0.2, -0.15) is 0 Å². The summed E-state index contributed by atoms with van der Waals surface area (Å²) in [6.45, 7) is -0.156. The number of nitrogens with two attached hydrogens (primary N) is 1. The smallest absolute Gasteiger partial charge is 0.288 e. The van der Waals surface area contributed by atoms with E-state index >= 15 is 0 Å². The fraction of sp³-hybridized carbons (Fsp3) is 0.333. The Kier molecular flexibility index (Phi) is 4.02. The first-order chi connectivity index (χ1) is 7.04. The summed E-state index contributed by atoms with van der Waals surface area (Å²) in [5.74, 6) is 0. The van der Waals surface area contributed by atoms with Crippen molar-refractivity contribution in [1.82, 2.24) is 0 Å². The predicted molar refractivity (Wildman–Crippen MR) is 56.9 cm³/mol. The quantitative estimate of drug-likeness (QED) is 0.599. The van der Waals surface area contributed by atoms with Gasteiger partial charge in [0, 0.05) is 12.1 Å². The zero-order chi connectivity index (χ0) is 11.4. The van der Waals surface area contributed by atoms with Gasteiger partial charge in [-0.15, -0.1) is 0 Å². The number of aliphatic hydroxyl groups excluding tert-OH is 1. The van der Waals surface area contributed by atoms with E-state index in [1.165, 1.54) is 12.1 Å². The number of benzene rings is 1. The molecule has 6 heteroatoms. The lowest BCUT2D eigenvalue weighted by atomic mass is 10.1. The Labute approximate surface area is 91.6 Å². The molecule has 1 unspecified atom stereocenters. The van der Waals surface area contributed by atoms with Crippen molar-refractivity contribution in [3.8, 4) is 0 Å². The highest BCUT2D eigenvalue weighted by atomic mass is 35.5. The fourth-order valence-corrected chi connectivity index (χ4v) is 1.38. The molecule has 0 spiro atoms. The Morgan fingerprint density at radius 1 is 1.60 bits per heavy atom. The Morgan fingerprint density at radius 3 is 2.80 bits per heavy atom. The molecule has 0 fully saturated rings. The number of rotatable bonds is 4. The maximum absolute atomic E-state index is 10.6. The maximum Gasteiger partial charge on any atom is 0.288 e. The average molecular weight is 231 g/mol. The third-order valence-corrected chi connectivity index (χ3v) is 2.26. The van der Waals surface area contributed by atoms with E-state index in [4.69, 9.17) is 22.4 Å². The van der Waals surface area contributed by atoms with Crippen molar-refractivity contribution >= 4 is 17.3 Å². The van der Waals surface area contributed by atoms with Crippen molar-refractivity contribution in [3.63, 3.8) is 0 Å².